The van der Waals surface area contributed by atoms with Crippen LogP contribution in [0.25, 0.3) is 0 Å². The number of nitrogens with one attached hydrogen (secondary N) is 1. The number of nitrogens with zero attached hydrogens (tertiary/aromatic N) is 1. The fourth-order valence-electron chi connectivity index (χ4n) is 0.199. The maximum absolute atomic E-state index is 10.1. The first-order valence-corrected chi connectivity index (χ1v) is 2.65. The van der Waals surface area contributed by atoms with Crippen molar-refractivity contribution in [1.29, 1.82) is 0 Å². The predicted molar refractivity (Wildman–Crippen MR) is 24.6 cm³/mol. The molecule has 4 nitrogen and oxygen atoms in total. The molecule has 0 saturated carbocycles. The van der Waals surface area contributed by atoms with Crippen molar-refractivity contribution in [3.8, 4) is 0 Å². The average molecular weight is 118 g/mol. The Morgan fingerprint density at radius 2 is 2.71 bits per heavy atom. The summed E-state index contributed by atoms with van der Waals surface area (Å²) in [5.74, 6) is 0. The zero-order chi connectivity index (χ0) is 5.28. The van der Waals surface area contributed by atoms with E-state index < -0.39 is 16.6 Å². The van der Waals surface area contributed by atoms with E-state index in [1.165, 1.54) is 0 Å². The van der Waals surface area contributed by atoms with Crippen LogP contribution >= 0.6 is 0 Å². The third-order valence-electron chi connectivity index (χ3n) is 0.456. The highest BCUT2D eigenvalue weighted by Crippen LogP contribution is 1.96. The van der Waals surface area contributed by atoms with Crippen LogP contribution in [-0.2, 0) is 11.4 Å². The smallest absolute Gasteiger partial charge is 0.426 e. The zero-order valence-electron chi connectivity index (χ0n) is 3.21. The van der Waals surface area contributed by atoms with E-state index in [1.54, 1.807) is 0 Å². The molecule has 1 unspecified atom stereocenters. The Morgan fingerprint density at radius 1 is 2.00 bits per heavy atom. The van der Waals surface area contributed by atoms with E-state index in [4.69, 9.17) is 5.11 Å². The van der Waals surface area contributed by atoms with Crippen LogP contribution in [0, 0.1) is 6.67 Å². The highest BCUT2D eigenvalue weighted by molar-refractivity contribution is 8.04. The lowest BCUT2D eigenvalue weighted by atomic mass is 11.2. The van der Waals surface area contributed by atoms with Gasteiger partial charge in [-0.05, 0) is 0 Å². The lowest BCUT2D eigenvalue weighted by molar-refractivity contribution is 0.549. The highest BCUT2D eigenvalue weighted by atomic mass is 32.2. The zero-order valence-corrected chi connectivity index (χ0v) is 4.03. The fraction of sp³-hybridized carbons (Fsp3) is 0. The molecule has 2 N–H and O–H groups in total. The molecule has 0 amide bonds. The number of aliphatic hydroxyl groups excluding tert-OH is 1. The van der Waals surface area contributed by atoms with E-state index in [2.05, 4.69) is 16.4 Å². The Balaban J connectivity index is 2.54. The second kappa shape index (κ2) is 1.69. The average Bonchev–Trinajstić information content (AvgIpc) is 1.91. The lowest BCUT2D eigenvalue weighted by Crippen LogP contribution is -2.20. The summed E-state index contributed by atoms with van der Waals surface area (Å²) in [7, 11) is 0. The summed E-state index contributed by atoms with van der Waals surface area (Å²) >= 11 is -1.52. The van der Waals surface area contributed by atoms with Crippen LogP contribution in [0.1, 0.15) is 0 Å². The van der Waals surface area contributed by atoms with Crippen molar-refractivity contribution in [2.24, 2.45) is 4.99 Å². The quantitative estimate of drug-likeness (QED) is 0.408. The molecule has 1 atom stereocenters. The molecule has 0 aromatic heterocycles. The van der Waals surface area contributed by atoms with Gasteiger partial charge < -0.3 is 9.66 Å². The van der Waals surface area contributed by atoms with Crippen molar-refractivity contribution in [3.05, 3.63) is 6.67 Å². The van der Waals surface area contributed by atoms with E-state index in [0.29, 0.717) is 0 Å². The second-order valence-corrected chi connectivity index (χ2v) is 1.98. The molecule has 5 heteroatoms. The molecule has 1 rings (SSSR count). The largest absolute Gasteiger partial charge is 0.589 e. The maximum atomic E-state index is 10.1. The maximum Gasteiger partial charge on any atom is 0.426 e. The molecule has 38 valence electrons. The molecule has 1 aliphatic rings. The molecule has 1 heterocycles. The van der Waals surface area contributed by atoms with Gasteiger partial charge in [-0.25, -0.2) is 0 Å². The van der Waals surface area contributed by atoms with Crippen molar-refractivity contribution in [1.82, 2.24) is 4.72 Å². The molecule has 2 radical (unpaired) electrons. The molecule has 1 aliphatic heterocycles. The van der Waals surface area contributed by atoms with Gasteiger partial charge in [0.2, 0.25) is 0 Å². The van der Waals surface area contributed by atoms with E-state index in [-0.39, 0.29) is 0 Å². The summed E-state index contributed by atoms with van der Waals surface area (Å²) in [5, 5.41) is 7.91. The monoisotopic (exact) mass is 118 g/mol. The number of hydrogen-bond donors (Lipinski definition) is 2. The summed E-state index contributed by atoms with van der Waals surface area (Å²) in [4.78, 5) is 3.13. The van der Waals surface area contributed by atoms with Gasteiger partial charge in [0.25, 0.3) is 6.67 Å². The SMILES string of the molecule is [O-][S+]1N[C]N=C1O. The fourth-order valence-corrected chi connectivity index (χ4v) is 0.548. The van der Waals surface area contributed by atoms with E-state index in [1.807, 2.05) is 0 Å². The van der Waals surface area contributed by atoms with Gasteiger partial charge in [0.15, 0.2) is 0 Å². The van der Waals surface area contributed by atoms with Gasteiger partial charge in [-0.3, -0.25) is 0 Å². The number of rotatable bonds is 0. The van der Waals surface area contributed by atoms with E-state index in [9.17, 15) is 4.55 Å². The predicted octanol–water partition coefficient (Wildman–Crippen LogP) is -0.836. The molecule has 0 bridgehead atoms. The second-order valence-electron chi connectivity index (χ2n) is 0.877. The van der Waals surface area contributed by atoms with Gasteiger partial charge in [0.05, 0.1) is 0 Å². The summed E-state index contributed by atoms with van der Waals surface area (Å²) in [6.45, 7) is 2.11. The van der Waals surface area contributed by atoms with Crippen LogP contribution in [0.2, 0.25) is 0 Å². The van der Waals surface area contributed by atoms with Gasteiger partial charge in [-0.15, -0.1) is 0 Å². The van der Waals surface area contributed by atoms with Gasteiger partial charge in [-0.2, -0.15) is 4.99 Å². The Morgan fingerprint density at radius 3 is 2.86 bits per heavy atom. The Kier molecular flexibility index (Phi) is 1.18. The van der Waals surface area contributed by atoms with E-state index >= 15 is 0 Å². The first-order valence-electron chi connectivity index (χ1n) is 1.50. The molecule has 7 heavy (non-hydrogen) atoms. The van der Waals surface area contributed by atoms with Crippen molar-refractivity contribution < 1.29 is 9.66 Å². The van der Waals surface area contributed by atoms with Gasteiger partial charge in [0.1, 0.15) is 11.4 Å². The molecule has 0 aromatic rings. The van der Waals surface area contributed by atoms with Crippen LogP contribution in [0.5, 0.6) is 0 Å². The summed E-state index contributed by atoms with van der Waals surface area (Å²) < 4.78 is 12.3. The van der Waals surface area contributed by atoms with Crippen LogP contribution in [0.4, 0.5) is 0 Å². The summed E-state index contributed by atoms with van der Waals surface area (Å²) in [6.07, 6.45) is 0. The number of aliphatic hydroxyl groups is 1. The first-order chi connectivity index (χ1) is 3.30. The van der Waals surface area contributed by atoms with Gasteiger partial charge >= 0.3 is 5.23 Å². The van der Waals surface area contributed by atoms with Crippen LogP contribution < -0.4 is 4.72 Å². The Labute approximate surface area is 43.6 Å². The summed E-state index contributed by atoms with van der Waals surface area (Å²) in [6, 6.07) is 0. The molecular weight excluding hydrogens is 116 g/mol. The van der Waals surface area contributed by atoms with Crippen LogP contribution in [-0.4, -0.2) is 14.9 Å². The lowest BCUT2D eigenvalue weighted by Gasteiger charge is -1.93. The third-order valence-corrected chi connectivity index (χ3v) is 1.16. The number of hydrogen-bond acceptors (Lipinski definition) is 3. The van der Waals surface area contributed by atoms with Crippen LogP contribution in [0.15, 0.2) is 4.99 Å². The third kappa shape index (κ3) is 0.846. The number of aliphatic imine (C=N–C) groups is 1. The minimum atomic E-state index is -1.52. The van der Waals surface area contributed by atoms with Crippen LogP contribution in [0.3, 0.4) is 0 Å². The molecule has 0 aliphatic carbocycles. The van der Waals surface area contributed by atoms with Crippen molar-refractivity contribution in [2.45, 2.75) is 0 Å². The molecule has 0 aromatic carbocycles. The Bertz CT molecular complexity index is 104. The van der Waals surface area contributed by atoms with Crippen molar-refractivity contribution >= 4 is 16.6 Å². The first kappa shape index (κ1) is 4.89. The molecular formula is C2H2N2O2S. The highest BCUT2D eigenvalue weighted by Gasteiger charge is 2.22. The molecule has 0 fully saturated rings. The van der Waals surface area contributed by atoms with Gasteiger partial charge in [0, 0.05) is 0 Å². The molecule has 0 saturated heterocycles. The Hall–Kier alpha value is -0.260. The van der Waals surface area contributed by atoms with E-state index in [0.717, 1.165) is 0 Å². The molecule has 0 spiro atoms. The minimum absolute atomic E-state index is 0.417. The normalized spacial score (nSPS) is 30.4. The standard InChI is InChI=1S/C2H2N2O2S/c5-2-3-1-4-7(2)6/h4H,(H,3,5). The minimum Gasteiger partial charge on any atom is -0.589 e. The summed E-state index contributed by atoms with van der Waals surface area (Å²) in [5.41, 5.74) is 0. The van der Waals surface area contributed by atoms with Crippen molar-refractivity contribution in [2.75, 3.05) is 0 Å². The van der Waals surface area contributed by atoms with Gasteiger partial charge in [-0.1, -0.05) is 4.72 Å². The topological polar surface area (TPSA) is 67.7 Å². The van der Waals surface area contributed by atoms with Crippen molar-refractivity contribution in [3.63, 3.8) is 0 Å².